The predicted octanol–water partition coefficient (Wildman–Crippen LogP) is 0.690. The summed E-state index contributed by atoms with van der Waals surface area (Å²) >= 11 is 0. The van der Waals surface area contributed by atoms with Gasteiger partial charge in [-0.25, -0.2) is 0 Å². The Kier molecular flexibility index (Phi) is 3.52. The van der Waals surface area contributed by atoms with Gasteiger partial charge in [0.15, 0.2) is 0 Å². The number of hydrogen-bond acceptors (Lipinski definition) is 3. The maximum Gasteiger partial charge on any atom is 0.244 e. The van der Waals surface area contributed by atoms with E-state index in [2.05, 4.69) is 10.4 Å². The van der Waals surface area contributed by atoms with Crippen molar-refractivity contribution in [2.75, 3.05) is 0 Å². The lowest BCUT2D eigenvalue weighted by molar-refractivity contribution is -0.118. The average Bonchev–Trinajstić information content (AvgIpc) is 2.49. The van der Waals surface area contributed by atoms with Crippen LogP contribution in [-0.2, 0) is 11.8 Å². The fraction of sp³-hybridized carbons (Fsp3) is 0.538. The van der Waals surface area contributed by atoms with Crippen LogP contribution in [0.3, 0.4) is 0 Å². The normalized spacial score (nSPS) is 23.1. The average molecular weight is 249 g/mol. The Labute approximate surface area is 106 Å². The highest BCUT2D eigenvalue weighted by Crippen LogP contribution is 2.19. The summed E-state index contributed by atoms with van der Waals surface area (Å²) in [5.74, 6) is -0.116. The molecule has 1 saturated carbocycles. The van der Waals surface area contributed by atoms with Gasteiger partial charge in [0.1, 0.15) is 0 Å². The van der Waals surface area contributed by atoms with Crippen LogP contribution in [0.15, 0.2) is 6.08 Å². The van der Waals surface area contributed by atoms with Crippen molar-refractivity contribution in [2.45, 2.75) is 38.8 Å². The molecule has 0 unspecified atom stereocenters. The van der Waals surface area contributed by atoms with E-state index in [1.165, 1.54) is 6.08 Å². The van der Waals surface area contributed by atoms with Crippen molar-refractivity contribution >= 4 is 12.0 Å². The number of aromatic nitrogens is 2. The fourth-order valence-electron chi connectivity index (χ4n) is 2.15. The molecule has 1 amide bonds. The third-order valence-corrected chi connectivity index (χ3v) is 3.43. The van der Waals surface area contributed by atoms with Gasteiger partial charge >= 0.3 is 0 Å². The fourth-order valence-corrected chi connectivity index (χ4v) is 2.15. The quantitative estimate of drug-likeness (QED) is 0.774. The number of amides is 1. The molecule has 1 aromatic heterocycles. The Morgan fingerprint density at radius 3 is 2.67 bits per heavy atom. The number of nitrogens with zero attached hydrogens (tertiary/aromatic N) is 2. The second-order valence-electron chi connectivity index (χ2n) is 4.87. The summed E-state index contributed by atoms with van der Waals surface area (Å²) in [5, 5.41) is 16.3. The topological polar surface area (TPSA) is 67.2 Å². The second kappa shape index (κ2) is 4.94. The molecule has 5 nitrogen and oxygen atoms in total. The van der Waals surface area contributed by atoms with Crippen molar-refractivity contribution in [3.63, 3.8) is 0 Å². The van der Waals surface area contributed by atoms with E-state index >= 15 is 0 Å². The number of aliphatic hydroxyl groups excluding tert-OH is 1. The van der Waals surface area contributed by atoms with E-state index < -0.39 is 0 Å². The molecule has 1 aliphatic carbocycles. The van der Waals surface area contributed by atoms with Gasteiger partial charge in [0, 0.05) is 30.4 Å². The number of aliphatic hydroxyl groups is 1. The minimum atomic E-state index is -0.248. The van der Waals surface area contributed by atoms with Crippen LogP contribution < -0.4 is 5.32 Å². The molecule has 0 aliphatic heterocycles. The van der Waals surface area contributed by atoms with E-state index in [1.807, 2.05) is 20.9 Å². The Morgan fingerprint density at radius 1 is 1.50 bits per heavy atom. The monoisotopic (exact) mass is 249 g/mol. The lowest BCUT2D eigenvalue weighted by Gasteiger charge is -2.31. The maximum atomic E-state index is 11.6. The van der Waals surface area contributed by atoms with Gasteiger partial charge < -0.3 is 10.4 Å². The van der Waals surface area contributed by atoms with Gasteiger partial charge in [0.25, 0.3) is 0 Å². The number of carbonyl (C=O) groups is 1. The number of aryl methyl sites for hydroxylation is 2. The van der Waals surface area contributed by atoms with Crippen LogP contribution in [0.25, 0.3) is 6.08 Å². The molecule has 18 heavy (non-hydrogen) atoms. The van der Waals surface area contributed by atoms with Gasteiger partial charge in [-0.3, -0.25) is 9.48 Å². The zero-order valence-corrected chi connectivity index (χ0v) is 11.0. The molecule has 2 N–H and O–H groups in total. The number of carbonyl (C=O) groups excluding carboxylic acids is 1. The van der Waals surface area contributed by atoms with Crippen LogP contribution in [0.1, 0.15) is 29.8 Å². The van der Waals surface area contributed by atoms with Crippen LogP contribution in [0.2, 0.25) is 0 Å². The van der Waals surface area contributed by atoms with Gasteiger partial charge in [0.2, 0.25) is 5.91 Å². The molecule has 0 atom stereocenters. The maximum absolute atomic E-state index is 11.6. The Balaban J connectivity index is 1.95. The largest absolute Gasteiger partial charge is 0.393 e. The zero-order chi connectivity index (χ0) is 13.3. The molecule has 0 radical (unpaired) electrons. The van der Waals surface area contributed by atoms with Crippen LogP contribution in [0, 0.1) is 13.8 Å². The molecule has 98 valence electrons. The molecule has 0 saturated heterocycles. The smallest absolute Gasteiger partial charge is 0.244 e. The lowest BCUT2D eigenvalue weighted by Crippen LogP contribution is -2.46. The first-order chi connectivity index (χ1) is 8.47. The molecule has 0 bridgehead atoms. The molecule has 1 heterocycles. The van der Waals surface area contributed by atoms with E-state index in [-0.39, 0.29) is 18.1 Å². The molecular formula is C13H19N3O2. The summed E-state index contributed by atoms with van der Waals surface area (Å²) in [6.07, 6.45) is 4.39. The molecule has 0 aromatic carbocycles. The van der Waals surface area contributed by atoms with Crippen molar-refractivity contribution in [1.29, 1.82) is 0 Å². The summed E-state index contributed by atoms with van der Waals surface area (Å²) in [5.41, 5.74) is 2.94. The minimum absolute atomic E-state index is 0.116. The number of nitrogens with one attached hydrogen (secondary N) is 1. The Morgan fingerprint density at radius 2 is 2.17 bits per heavy atom. The molecule has 1 fully saturated rings. The molecule has 1 aliphatic rings. The molecule has 0 spiro atoms. The summed E-state index contributed by atoms with van der Waals surface area (Å²) in [4.78, 5) is 11.6. The lowest BCUT2D eigenvalue weighted by atomic mass is 9.89. The third-order valence-electron chi connectivity index (χ3n) is 3.43. The molecule has 2 rings (SSSR count). The van der Waals surface area contributed by atoms with Crippen molar-refractivity contribution < 1.29 is 9.90 Å². The second-order valence-corrected chi connectivity index (χ2v) is 4.87. The highest BCUT2D eigenvalue weighted by Gasteiger charge is 2.27. The molecular weight excluding hydrogens is 230 g/mol. The number of hydrogen-bond donors (Lipinski definition) is 2. The summed E-state index contributed by atoms with van der Waals surface area (Å²) in [6.45, 7) is 3.90. The van der Waals surface area contributed by atoms with Crippen molar-refractivity contribution in [3.05, 3.63) is 23.0 Å². The van der Waals surface area contributed by atoms with E-state index in [0.717, 1.165) is 17.0 Å². The first-order valence-electron chi connectivity index (χ1n) is 6.14. The van der Waals surface area contributed by atoms with Crippen molar-refractivity contribution in [1.82, 2.24) is 15.1 Å². The highest BCUT2D eigenvalue weighted by atomic mass is 16.3. The van der Waals surface area contributed by atoms with Gasteiger partial charge in [-0.2, -0.15) is 5.10 Å². The summed E-state index contributed by atoms with van der Waals surface area (Å²) in [6, 6.07) is 0.119. The number of rotatable bonds is 3. The summed E-state index contributed by atoms with van der Waals surface area (Å²) in [7, 11) is 1.88. The van der Waals surface area contributed by atoms with Gasteiger partial charge in [-0.05, 0) is 32.8 Å². The Bertz CT molecular complexity index is 485. The Hall–Kier alpha value is -1.62. The van der Waals surface area contributed by atoms with Crippen LogP contribution >= 0.6 is 0 Å². The molecule has 5 heteroatoms. The van der Waals surface area contributed by atoms with Crippen LogP contribution in [0.5, 0.6) is 0 Å². The van der Waals surface area contributed by atoms with E-state index in [0.29, 0.717) is 12.8 Å². The molecule has 1 aromatic rings. The minimum Gasteiger partial charge on any atom is -0.393 e. The van der Waals surface area contributed by atoms with E-state index in [9.17, 15) is 4.79 Å². The standard InChI is InChI=1S/C13H19N3O2/c1-8-12(9(2)16(3)15-8)4-5-13(18)14-10-6-11(17)7-10/h4-5,10-11,17H,6-7H2,1-3H3,(H,14,18). The van der Waals surface area contributed by atoms with Crippen LogP contribution in [-0.4, -0.2) is 32.9 Å². The third kappa shape index (κ3) is 2.61. The van der Waals surface area contributed by atoms with Gasteiger partial charge in [-0.1, -0.05) is 0 Å². The van der Waals surface area contributed by atoms with Crippen molar-refractivity contribution in [3.8, 4) is 0 Å². The first-order valence-corrected chi connectivity index (χ1v) is 6.14. The zero-order valence-electron chi connectivity index (χ0n) is 11.0. The first kappa shape index (κ1) is 12.8. The van der Waals surface area contributed by atoms with Gasteiger partial charge in [0.05, 0.1) is 11.8 Å². The van der Waals surface area contributed by atoms with Crippen LogP contribution in [0.4, 0.5) is 0 Å². The van der Waals surface area contributed by atoms with E-state index in [1.54, 1.807) is 10.8 Å². The van der Waals surface area contributed by atoms with E-state index in [4.69, 9.17) is 5.11 Å². The predicted molar refractivity (Wildman–Crippen MR) is 68.9 cm³/mol. The highest BCUT2D eigenvalue weighted by molar-refractivity contribution is 5.92. The summed E-state index contributed by atoms with van der Waals surface area (Å²) < 4.78 is 1.80. The van der Waals surface area contributed by atoms with Crippen molar-refractivity contribution in [2.24, 2.45) is 7.05 Å². The SMILES string of the molecule is Cc1nn(C)c(C)c1C=CC(=O)NC1CC(O)C1. The van der Waals surface area contributed by atoms with Gasteiger partial charge in [-0.15, -0.1) is 0 Å².